The zero-order valence-corrected chi connectivity index (χ0v) is 5.99. The van der Waals surface area contributed by atoms with Crippen LogP contribution in [0.2, 0.25) is 13.6 Å². The Labute approximate surface area is 60.8 Å². The van der Waals surface area contributed by atoms with E-state index in [1.807, 2.05) is 20.9 Å². The first-order chi connectivity index (χ1) is 1.41. The fourth-order valence-corrected chi connectivity index (χ4v) is 0. The van der Waals surface area contributed by atoms with E-state index >= 15 is 0 Å². The molecule has 0 aromatic heterocycles. The van der Waals surface area contributed by atoms with Gasteiger partial charge in [-0.1, -0.05) is 21.1 Å². The molecule has 0 aliphatic heterocycles. The van der Waals surface area contributed by atoms with Gasteiger partial charge in [-0.3, -0.25) is 0 Å². The molecule has 0 bridgehead atoms. The van der Waals surface area contributed by atoms with Gasteiger partial charge in [-0.2, -0.15) is 0 Å². The Kier molecular flexibility index (Phi) is 62.7. The van der Waals surface area contributed by atoms with E-state index in [0.717, 1.165) is 0 Å². The maximum Gasteiger partial charge on any atom is 0.102 e. The third-order valence-corrected chi connectivity index (χ3v) is 0. The Morgan fingerprint density at radius 2 is 1.20 bits per heavy atom. The van der Waals surface area contributed by atoms with Crippen molar-refractivity contribution in [1.29, 1.82) is 0 Å². The Balaban J connectivity index is -0.0000000200. The minimum Gasteiger partial charge on any atom is -0.0922 e. The first kappa shape index (κ1) is 16.4. The summed E-state index contributed by atoms with van der Waals surface area (Å²) in [6, 6.07) is 0. The molecule has 0 N–H and O–H groups in total. The number of hydrogen-bond acceptors (Lipinski definition) is 0. The van der Waals surface area contributed by atoms with Gasteiger partial charge in [0.25, 0.3) is 0 Å². The Morgan fingerprint density at radius 3 is 1.20 bits per heavy atom. The molecule has 0 unspecified atom stereocenters. The van der Waals surface area contributed by atoms with Gasteiger partial charge in [0.2, 0.25) is 0 Å². The van der Waals surface area contributed by atoms with Crippen molar-refractivity contribution >= 4 is 7.28 Å². The van der Waals surface area contributed by atoms with E-state index in [9.17, 15) is 0 Å². The molecule has 0 amide bonds. The molecule has 0 aromatic rings. The molecule has 28 valence electrons. The third kappa shape index (κ3) is 38.0. The van der Waals surface area contributed by atoms with Gasteiger partial charge in [-0.15, -0.1) is 0 Å². The molecule has 0 heterocycles. The van der Waals surface area contributed by atoms with E-state index in [-0.39, 0.29) is 40.1 Å². The van der Waals surface area contributed by atoms with E-state index in [4.69, 9.17) is 0 Å². The Bertz CT molecular complexity index is 6.85. The largest absolute Gasteiger partial charge is 0.102 e. The summed E-state index contributed by atoms with van der Waals surface area (Å²) in [4.78, 5) is 0. The van der Waals surface area contributed by atoms with Crippen LogP contribution in [-0.4, -0.2) is 7.28 Å². The van der Waals surface area contributed by atoms with Crippen LogP contribution in [0.5, 0.6) is 0 Å². The molecule has 5 heavy (non-hydrogen) atoms. The standard InChI is InChI=1S/C2H6B.CH4.Y/c1-3-2;;/h1-2H3;1H4;. The monoisotopic (exact) mass is 146 g/mol. The van der Waals surface area contributed by atoms with Gasteiger partial charge in [-0.05, 0) is 0 Å². The zero-order valence-electron chi connectivity index (χ0n) is 3.15. The van der Waals surface area contributed by atoms with Crippen LogP contribution in [0.1, 0.15) is 7.43 Å². The molecule has 0 saturated carbocycles. The van der Waals surface area contributed by atoms with Crippen LogP contribution in [0.25, 0.3) is 0 Å². The normalized spacial score (nSPS) is 2.80. The summed E-state index contributed by atoms with van der Waals surface area (Å²) in [6.07, 6.45) is 0. The van der Waals surface area contributed by atoms with Gasteiger partial charge >= 0.3 is 0 Å². The zero-order chi connectivity index (χ0) is 2.71. The second-order valence-corrected chi connectivity index (χ2v) is 0.577. The molecule has 2 heteroatoms. The van der Waals surface area contributed by atoms with Crippen molar-refractivity contribution in [3.8, 4) is 0 Å². The molecule has 0 aliphatic rings. The van der Waals surface area contributed by atoms with Crippen LogP contribution < -0.4 is 0 Å². The van der Waals surface area contributed by atoms with Gasteiger partial charge in [0.15, 0.2) is 0 Å². The van der Waals surface area contributed by atoms with E-state index in [2.05, 4.69) is 0 Å². The van der Waals surface area contributed by atoms with Crippen molar-refractivity contribution in [3.05, 3.63) is 0 Å². The molecule has 0 rings (SSSR count). The van der Waals surface area contributed by atoms with Crippen molar-refractivity contribution in [2.45, 2.75) is 21.1 Å². The molecule has 0 fully saturated rings. The minimum atomic E-state index is 0. The van der Waals surface area contributed by atoms with Crippen LogP contribution in [-0.2, 0) is 32.7 Å². The summed E-state index contributed by atoms with van der Waals surface area (Å²) in [7, 11) is 2.00. The van der Waals surface area contributed by atoms with Crippen LogP contribution in [0.4, 0.5) is 0 Å². The van der Waals surface area contributed by atoms with E-state index in [1.165, 1.54) is 0 Å². The summed E-state index contributed by atoms with van der Waals surface area (Å²) in [6.45, 7) is 4.00. The number of hydrogen-bond donors (Lipinski definition) is 0. The quantitative estimate of drug-likeness (QED) is 0.453. The van der Waals surface area contributed by atoms with Gasteiger partial charge < -0.3 is 0 Å². The molecule has 2 radical (unpaired) electrons. The van der Waals surface area contributed by atoms with E-state index in [1.54, 1.807) is 0 Å². The maximum atomic E-state index is 2.00. The predicted molar refractivity (Wildman–Crippen MR) is 24.2 cm³/mol. The summed E-state index contributed by atoms with van der Waals surface area (Å²) < 4.78 is 0. The number of rotatable bonds is 0. The van der Waals surface area contributed by atoms with Crippen molar-refractivity contribution < 1.29 is 32.7 Å². The summed E-state index contributed by atoms with van der Waals surface area (Å²) in [5, 5.41) is 0. The topological polar surface area (TPSA) is 0 Å². The van der Waals surface area contributed by atoms with Crippen LogP contribution in [0, 0.1) is 0 Å². The van der Waals surface area contributed by atoms with Crippen molar-refractivity contribution in [2.24, 2.45) is 0 Å². The molecular formula is C3H10BY. The molecule has 0 nitrogen and oxygen atoms in total. The molecule has 0 aromatic carbocycles. The maximum absolute atomic E-state index is 2.00. The van der Waals surface area contributed by atoms with Gasteiger partial charge in [0.05, 0.1) is 0 Å². The molecule has 0 saturated heterocycles. The fourth-order valence-electron chi connectivity index (χ4n) is 0. The second-order valence-electron chi connectivity index (χ2n) is 0.577. The van der Waals surface area contributed by atoms with Crippen LogP contribution in [0.15, 0.2) is 0 Å². The fraction of sp³-hybridized carbons (Fsp3) is 1.00. The molecule has 0 atom stereocenters. The SMILES string of the molecule is C.C[B]C.[Y]. The van der Waals surface area contributed by atoms with Gasteiger partial charge in [-0.25, -0.2) is 0 Å². The first-order valence-electron chi connectivity index (χ1n) is 1.15. The smallest absolute Gasteiger partial charge is 0.0922 e. The third-order valence-electron chi connectivity index (χ3n) is 0. The Hall–Kier alpha value is 1.17. The predicted octanol–water partition coefficient (Wildman–Crippen LogP) is 1.42. The van der Waals surface area contributed by atoms with Crippen LogP contribution >= 0.6 is 0 Å². The van der Waals surface area contributed by atoms with Crippen molar-refractivity contribution in [2.75, 3.05) is 0 Å². The average molecular weight is 146 g/mol. The molecule has 0 aliphatic carbocycles. The second kappa shape index (κ2) is 19.1. The van der Waals surface area contributed by atoms with Crippen LogP contribution in [0.3, 0.4) is 0 Å². The van der Waals surface area contributed by atoms with Crippen molar-refractivity contribution in [3.63, 3.8) is 0 Å². The molecular weight excluding hydrogens is 136 g/mol. The first-order valence-corrected chi connectivity index (χ1v) is 1.15. The summed E-state index contributed by atoms with van der Waals surface area (Å²) in [5.74, 6) is 0. The summed E-state index contributed by atoms with van der Waals surface area (Å²) >= 11 is 0. The van der Waals surface area contributed by atoms with Gasteiger partial charge in [0, 0.05) is 32.7 Å². The average Bonchev–Trinajstić information content (AvgIpc) is 0.918. The van der Waals surface area contributed by atoms with Crippen molar-refractivity contribution in [1.82, 2.24) is 0 Å². The molecule has 0 spiro atoms. The van der Waals surface area contributed by atoms with E-state index in [0.29, 0.717) is 0 Å². The minimum absolute atomic E-state index is 0. The Morgan fingerprint density at radius 1 is 1.20 bits per heavy atom. The van der Waals surface area contributed by atoms with E-state index < -0.39 is 0 Å². The van der Waals surface area contributed by atoms with Gasteiger partial charge in [0.1, 0.15) is 7.28 Å². The summed E-state index contributed by atoms with van der Waals surface area (Å²) in [5.41, 5.74) is 0.